The minimum absolute atomic E-state index is 0.0226. The maximum atomic E-state index is 14.1. The predicted molar refractivity (Wildman–Crippen MR) is 231 cm³/mol. The van der Waals surface area contributed by atoms with Gasteiger partial charge in [-0.05, 0) is 54.9 Å². The Morgan fingerprint density at radius 1 is 0.900 bits per heavy atom. The van der Waals surface area contributed by atoms with Gasteiger partial charge in [-0.3, -0.25) is 24.1 Å². The molecule has 334 valence electrons. The summed E-state index contributed by atoms with van der Waals surface area (Å²) in [7, 11) is 8.01. The smallest absolute Gasteiger partial charge is 0.410 e. The standard InChI is InChI=1S/C45H70N6O9/c1-12-29(4)40(49(8)38(53)26-47-44(56)39(28(2)3)50(9)45(57)60-27-32-20-22-34(46-7)23-21-32)36(58-10)25-37(52)51-24-16-19-35(51)42(59-11)30(5)43(55)48-31(6)41(54)33-17-14-13-15-18-33/h13-15,17-18,20-23,28-31,35-36,39-42,46,54H,12,16,19,24-27H2,1-11H3,(H,47,56)(H,48,55)/t29?,30?,31?,35?,36?,39?,40?,41?,42-/m1/s1. The molecule has 0 aromatic heterocycles. The topological polar surface area (TPSA) is 179 Å². The van der Waals surface area contributed by atoms with E-state index in [9.17, 15) is 29.1 Å². The third-order valence-corrected chi connectivity index (χ3v) is 11.9. The van der Waals surface area contributed by atoms with Crippen LogP contribution in [0.1, 0.15) is 84.5 Å². The van der Waals surface area contributed by atoms with E-state index in [1.54, 1.807) is 37.9 Å². The molecule has 8 unspecified atom stereocenters. The molecule has 5 amide bonds. The molecule has 2 aromatic carbocycles. The summed E-state index contributed by atoms with van der Waals surface area (Å²) in [5.74, 6) is -2.36. The van der Waals surface area contributed by atoms with Crippen LogP contribution >= 0.6 is 0 Å². The van der Waals surface area contributed by atoms with Crippen LogP contribution < -0.4 is 16.0 Å². The summed E-state index contributed by atoms with van der Waals surface area (Å²) >= 11 is 0. The molecule has 3 rings (SSSR count). The fourth-order valence-electron chi connectivity index (χ4n) is 8.15. The number of hydrogen-bond acceptors (Lipinski definition) is 10. The highest BCUT2D eigenvalue weighted by atomic mass is 16.6. The van der Waals surface area contributed by atoms with Gasteiger partial charge >= 0.3 is 6.09 Å². The Labute approximate surface area is 356 Å². The molecule has 0 spiro atoms. The van der Waals surface area contributed by atoms with Crippen LogP contribution in [0.4, 0.5) is 10.5 Å². The molecular formula is C45H70N6O9. The zero-order chi connectivity index (χ0) is 44.7. The van der Waals surface area contributed by atoms with Crippen LogP contribution in [0.15, 0.2) is 54.6 Å². The summed E-state index contributed by atoms with van der Waals surface area (Å²) in [5.41, 5.74) is 2.41. The average molecular weight is 839 g/mol. The van der Waals surface area contributed by atoms with Crippen LogP contribution in [0, 0.1) is 17.8 Å². The van der Waals surface area contributed by atoms with Crippen LogP contribution in [0.25, 0.3) is 0 Å². The summed E-state index contributed by atoms with van der Waals surface area (Å²) in [5, 5.41) is 19.5. The van der Waals surface area contributed by atoms with E-state index in [-0.39, 0.29) is 55.2 Å². The van der Waals surface area contributed by atoms with Crippen molar-refractivity contribution in [2.75, 3.05) is 53.8 Å². The molecule has 9 atom stereocenters. The lowest BCUT2D eigenvalue weighted by Crippen LogP contribution is -2.56. The second kappa shape index (κ2) is 23.9. The fraction of sp³-hybridized carbons (Fsp3) is 0.622. The van der Waals surface area contributed by atoms with Gasteiger partial charge in [0.05, 0.1) is 55.3 Å². The van der Waals surface area contributed by atoms with E-state index in [0.29, 0.717) is 24.9 Å². The van der Waals surface area contributed by atoms with Crippen molar-refractivity contribution in [3.05, 3.63) is 65.7 Å². The first kappa shape index (κ1) is 49.6. The number of rotatable bonds is 22. The number of carbonyl (C=O) groups is 5. The van der Waals surface area contributed by atoms with Gasteiger partial charge in [0.25, 0.3) is 0 Å². The second-order valence-corrected chi connectivity index (χ2v) is 16.3. The van der Waals surface area contributed by atoms with Gasteiger partial charge in [-0.25, -0.2) is 4.79 Å². The molecule has 15 heteroatoms. The number of carbonyl (C=O) groups excluding carboxylic acids is 5. The maximum absolute atomic E-state index is 14.1. The minimum atomic E-state index is -0.903. The minimum Gasteiger partial charge on any atom is -0.445 e. The van der Waals surface area contributed by atoms with Crippen molar-refractivity contribution >= 4 is 35.4 Å². The normalized spacial score (nSPS) is 17.9. The van der Waals surface area contributed by atoms with Crippen molar-refractivity contribution in [1.29, 1.82) is 0 Å². The lowest BCUT2D eigenvalue weighted by Gasteiger charge is -2.39. The molecule has 1 heterocycles. The lowest BCUT2D eigenvalue weighted by molar-refractivity contribution is -0.146. The van der Waals surface area contributed by atoms with Crippen molar-refractivity contribution in [3.63, 3.8) is 0 Å². The third-order valence-electron chi connectivity index (χ3n) is 11.9. The van der Waals surface area contributed by atoms with E-state index in [4.69, 9.17) is 14.2 Å². The number of anilines is 1. The highest BCUT2D eigenvalue weighted by Gasteiger charge is 2.42. The Balaban J connectivity index is 1.65. The first-order valence-electron chi connectivity index (χ1n) is 21.1. The second-order valence-electron chi connectivity index (χ2n) is 16.3. The molecule has 2 aromatic rings. The van der Waals surface area contributed by atoms with Gasteiger partial charge in [0, 0.05) is 47.6 Å². The monoisotopic (exact) mass is 839 g/mol. The number of likely N-dealkylation sites (tertiary alicyclic amines) is 1. The Morgan fingerprint density at radius 3 is 2.12 bits per heavy atom. The summed E-state index contributed by atoms with van der Waals surface area (Å²) in [6.07, 6.45) is -0.819. The lowest BCUT2D eigenvalue weighted by atomic mass is 9.90. The van der Waals surface area contributed by atoms with Gasteiger partial charge in [0.2, 0.25) is 23.6 Å². The number of benzene rings is 2. The van der Waals surface area contributed by atoms with E-state index < -0.39 is 54.4 Å². The maximum Gasteiger partial charge on any atom is 0.410 e. The summed E-state index contributed by atoms with van der Waals surface area (Å²) < 4.78 is 17.4. The highest BCUT2D eigenvalue weighted by molar-refractivity contribution is 5.89. The number of aliphatic hydroxyl groups is 1. The van der Waals surface area contributed by atoms with Gasteiger partial charge in [0.1, 0.15) is 12.6 Å². The van der Waals surface area contributed by atoms with E-state index in [2.05, 4.69) is 16.0 Å². The number of methoxy groups -OCH3 is 2. The van der Waals surface area contributed by atoms with Gasteiger partial charge in [-0.15, -0.1) is 0 Å². The first-order chi connectivity index (χ1) is 28.5. The molecule has 1 aliphatic heterocycles. The van der Waals surface area contributed by atoms with Gasteiger partial charge in [-0.1, -0.05) is 83.5 Å². The van der Waals surface area contributed by atoms with E-state index in [0.717, 1.165) is 17.7 Å². The molecule has 60 heavy (non-hydrogen) atoms. The quantitative estimate of drug-likeness (QED) is 0.131. The van der Waals surface area contributed by atoms with Crippen LogP contribution in [-0.4, -0.2) is 134 Å². The average Bonchev–Trinajstić information content (AvgIpc) is 3.74. The van der Waals surface area contributed by atoms with E-state index in [1.165, 1.54) is 31.1 Å². The largest absolute Gasteiger partial charge is 0.445 e. The van der Waals surface area contributed by atoms with E-state index >= 15 is 0 Å². The summed E-state index contributed by atoms with van der Waals surface area (Å²) in [6.45, 7) is 11.3. The number of aliphatic hydroxyl groups excluding tert-OH is 1. The van der Waals surface area contributed by atoms with Crippen molar-refractivity contribution in [1.82, 2.24) is 25.3 Å². The molecule has 0 aliphatic carbocycles. The predicted octanol–water partition coefficient (Wildman–Crippen LogP) is 4.60. The van der Waals surface area contributed by atoms with Crippen molar-refractivity contribution in [2.45, 2.75) is 116 Å². The van der Waals surface area contributed by atoms with Crippen molar-refractivity contribution in [3.8, 4) is 0 Å². The third kappa shape index (κ3) is 13.1. The summed E-state index contributed by atoms with van der Waals surface area (Å²) in [4.78, 5) is 72.5. The van der Waals surface area contributed by atoms with Gasteiger partial charge in [-0.2, -0.15) is 0 Å². The molecule has 15 nitrogen and oxygen atoms in total. The Bertz CT molecular complexity index is 1680. The van der Waals surface area contributed by atoms with Crippen LogP contribution in [0.3, 0.4) is 0 Å². The molecule has 0 bridgehead atoms. The molecule has 1 aliphatic rings. The number of ether oxygens (including phenoxy) is 3. The SMILES string of the molecule is CCC(C)C(C(CC(=O)N1CCCC1[C@H](OC)C(C)C(=O)NC(C)C(O)c1ccccc1)OC)N(C)C(=O)CNC(=O)C(C(C)C)N(C)C(=O)OCc1ccc(NC)cc1. The molecular weight excluding hydrogens is 769 g/mol. The molecule has 0 saturated carbocycles. The Morgan fingerprint density at radius 2 is 1.55 bits per heavy atom. The van der Waals surface area contributed by atoms with Crippen molar-refractivity contribution in [2.24, 2.45) is 17.8 Å². The number of hydrogen-bond donors (Lipinski definition) is 4. The van der Waals surface area contributed by atoms with Crippen LogP contribution in [0.5, 0.6) is 0 Å². The fourth-order valence-corrected chi connectivity index (χ4v) is 8.15. The van der Waals surface area contributed by atoms with Crippen molar-refractivity contribution < 1.29 is 43.3 Å². The number of nitrogens with one attached hydrogen (secondary N) is 3. The molecule has 0 radical (unpaired) electrons. The zero-order valence-electron chi connectivity index (χ0n) is 37.5. The first-order valence-corrected chi connectivity index (χ1v) is 21.1. The number of amides is 5. The molecule has 4 N–H and O–H groups in total. The van der Waals surface area contributed by atoms with Crippen LogP contribution in [0.2, 0.25) is 0 Å². The van der Waals surface area contributed by atoms with E-state index in [1.807, 2.05) is 77.2 Å². The number of nitrogens with zero attached hydrogens (tertiary/aromatic N) is 3. The number of likely N-dealkylation sites (N-methyl/N-ethyl adjacent to an activating group) is 2. The van der Waals surface area contributed by atoms with Gasteiger partial charge < -0.3 is 45.1 Å². The molecule has 1 saturated heterocycles. The Hall–Kier alpha value is -4.73. The molecule has 1 fully saturated rings. The Kier molecular flexibility index (Phi) is 19.8. The zero-order valence-corrected chi connectivity index (χ0v) is 37.5. The summed E-state index contributed by atoms with van der Waals surface area (Å²) in [6, 6.07) is 14.2. The van der Waals surface area contributed by atoms with Crippen LogP contribution in [-0.2, 0) is 40.0 Å². The van der Waals surface area contributed by atoms with Gasteiger partial charge in [0.15, 0.2) is 0 Å². The highest BCUT2D eigenvalue weighted by Crippen LogP contribution is 2.30.